The first kappa shape index (κ1) is 9.65. The molecule has 1 aromatic carbocycles. The molecule has 3 N–H and O–H groups in total. The maximum atomic E-state index is 5.83. The van der Waals surface area contributed by atoms with Crippen LogP contribution in [-0.2, 0) is 0 Å². The Labute approximate surface area is 79.5 Å². The molecule has 0 fully saturated rings. The Kier molecular flexibility index (Phi) is 3.89. The lowest BCUT2D eigenvalue weighted by Crippen LogP contribution is -2.09. The fraction of sp³-hybridized carbons (Fsp3) is 0.273. The lowest BCUT2D eigenvalue weighted by atomic mass is 10.2. The lowest BCUT2D eigenvalue weighted by Gasteiger charge is -2.02. The highest BCUT2D eigenvalue weighted by Gasteiger charge is 1.92. The Balaban J connectivity index is 2.57. The van der Waals surface area contributed by atoms with Gasteiger partial charge >= 0.3 is 0 Å². The zero-order chi connectivity index (χ0) is 9.52. The van der Waals surface area contributed by atoms with Crippen molar-refractivity contribution >= 4 is 5.70 Å². The molecule has 1 aromatic rings. The minimum atomic E-state index is 0.786. The molecular weight excluding hydrogens is 160 g/mol. The van der Waals surface area contributed by atoms with Gasteiger partial charge in [0.1, 0.15) is 0 Å². The normalized spacial score (nSPS) is 11.3. The summed E-state index contributed by atoms with van der Waals surface area (Å²) in [5, 5.41) is 3.15. The zero-order valence-corrected chi connectivity index (χ0v) is 7.96. The van der Waals surface area contributed by atoms with Crippen molar-refractivity contribution in [3.8, 4) is 0 Å². The summed E-state index contributed by atoms with van der Waals surface area (Å²) in [5.41, 5.74) is 7.68. The van der Waals surface area contributed by atoms with Crippen molar-refractivity contribution in [2.45, 2.75) is 13.3 Å². The molecule has 0 aromatic heterocycles. The number of benzene rings is 1. The van der Waals surface area contributed by atoms with E-state index in [1.807, 2.05) is 36.5 Å². The fourth-order valence-corrected chi connectivity index (χ4v) is 1.04. The Morgan fingerprint density at radius 2 is 2.08 bits per heavy atom. The van der Waals surface area contributed by atoms with E-state index in [0.717, 1.165) is 24.2 Å². The first-order chi connectivity index (χ1) is 6.34. The van der Waals surface area contributed by atoms with Gasteiger partial charge in [-0.3, -0.25) is 0 Å². The molecule has 0 amide bonds. The van der Waals surface area contributed by atoms with Crippen LogP contribution in [0.2, 0.25) is 0 Å². The van der Waals surface area contributed by atoms with Crippen LogP contribution in [0.15, 0.2) is 36.5 Å². The first-order valence-corrected chi connectivity index (χ1v) is 4.59. The molecule has 0 aliphatic heterocycles. The minimum absolute atomic E-state index is 0.786. The molecular formula is C11H16N2. The zero-order valence-electron chi connectivity index (χ0n) is 7.96. The predicted molar refractivity (Wildman–Crippen MR) is 56.9 cm³/mol. The van der Waals surface area contributed by atoms with Crippen LogP contribution in [-0.4, -0.2) is 6.54 Å². The van der Waals surface area contributed by atoms with Crippen LogP contribution in [0.3, 0.4) is 0 Å². The van der Waals surface area contributed by atoms with Crippen molar-refractivity contribution < 1.29 is 0 Å². The third-order valence-electron chi connectivity index (χ3n) is 1.76. The highest BCUT2D eigenvalue weighted by Crippen LogP contribution is 2.05. The van der Waals surface area contributed by atoms with Gasteiger partial charge in [-0.15, -0.1) is 0 Å². The standard InChI is InChI=1S/C11H16N2/c1-2-8-13-9-11(12)10-6-4-3-5-7-10/h3-7,9,13H,2,8,12H2,1H3/b11-9-. The van der Waals surface area contributed by atoms with Crippen molar-refractivity contribution in [2.24, 2.45) is 5.73 Å². The van der Waals surface area contributed by atoms with Crippen LogP contribution in [0.5, 0.6) is 0 Å². The van der Waals surface area contributed by atoms with Crippen molar-refractivity contribution in [1.29, 1.82) is 0 Å². The van der Waals surface area contributed by atoms with Crippen molar-refractivity contribution in [1.82, 2.24) is 5.32 Å². The molecule has 2 heteroatoms. The maximum Gasteiger partial charge on any atom is 0.0547 e. The highest BCUT2D eigenvalue weighted by atomic mass is 14.8. The summed E-state index contributed by atoms with van der Waals surface area (Å²) in [7, 11) is 0. The summed E-state index contributed by atoms with van der Waals surface area (Å²) < 4.78 is 0. The molecule has 1 rings (SSSR count). The number of nitrogens with one attached hydrogen (secondary N) is 1. The topological polar surface area (TPSA) is 38.0 Å². The molecule has 13 heavy (non-hydrogen) atoms. The second kappa shape index (κ2) is 5.25. The van der Waals surface area contributed by atoms with E-state index in [4.69, 9.17) is 5.73 Å². The average molecular weight is 176 g/mol. The molecule has 0 radical (unpaired) electrons. The second-order valence-electron chi connectivity index (χ2n) is 2.92. The van der Waals surface area contributed by atoms with Crippen LogP contribution in [0.25, 0.3) is 5.70 Å². The van der Waals surface area contributed by atoms with E-state index < -0.39 is 0 Å². The van der Waals surface area contributed by atoms with Crippen molar-refractivity contribution in [3.63, 3.8) is 0 Å². The van der Waals surface area contributed by atoms with Gasteiger partial charge in [-0.25, -0.2) is 0 Å². The second-order valence-corrected chi connectivity index (χ2v) is 2.92. The van der Waals surface area contributed by atoms with Gasteiger partial charge in [0, 0.05) is 12.7 Å². The number of hydrogen-bond donors (Lipinski definition) is 2. The predicted octanol–water partition coefficient (Wildman–Crippen LogP) is 1.94. The molecule has 70 valence electrons. The van der Waals surface area contributed by atoms with E-state index in [9.17, 15) is 0 Å². The smallest absolute Gasteiger partial charge is 0.0547 e. The molecule has 2 nitrogen and oxygen atoms in total. The van der Waals surface area contributed by atoms with E-state index in [2.05, 4.69) is 12.2 Å². The van der Waals surface area contributed by atoms with E-state index in [-0.39, 0.29) is 0 Å². The van der Waals surface area contributed by atoms with Gasteiger partial charge in [0.15, 0.2) is 0 Å². The van der Waals surface area contributed by atoms with Crippen LogP contribution >= 0.6 is 0 Å². The number of rotatable bonds is 4. The molecule has 0 spiro atoms. The molecule has 0 heterocycles. The highest BCUT2D eigenvalue weighted by molar-refractivity contribution is 5.61. The fourth-order valence-electron chi connectivity index (χ4n) is 1.04. The van der Waals surface area contributed by atoms with Crippen LogP contribution in [0.4, 0.5) is 0 Å². The molecule has 0 bridgehead atoms. The summed E-state index contributed by atoms with van der Waals surface area (Å²) >= 11 is 0. The quantitative estimate of drug-likeness (QED) is 0.688. The Morgan fingerprint density at radius 1 is 1.38 bits per heavy atom. The summed E-state index contributed by atoms with van der Waals surface area (Å²) in [4.78, 5) is 0. The summed E-state index contributed by atoms with van der Waals surface area (Å²) in [6.45, 7) is 3.09. The minimum Gasteiger partial charge on any atom is -0.397 e. The van der Waals surface area contributed by atoms with Gasteiger partial charge in [0.25, 0.3) is 0 Å². The molecule has 0 unspecified atom stereocenters. The Hall–Kier alpha value is -1.44. The van der Waals surface area contributed by atoms with Crippen LogP contribution < -0.4 is 11.1 Å². The molecule has 0 aliphatic rings. The van der Waals surface area contributed by atoms with Crippen molar-refractivity contribution in [3.05, 3.63) is 42.1 Å². The largest absolute Gasteiger partial charge is 0.397 e. The van der Waals surface area contributed by atoms with Gasteiger partial charge in [-0.2, -0.15) is 0 Å². The van der Waals surface area contributed by atoms with Gasteiger partial charge < -0.3 is 11.1 Å². The van der Waals surface area contributed by atoms with E-state index in [1.54, 1.807) is 0 Å². The Bertz CT molecular complexity index is 265. The average Bonchev–Trinajstić information content (AvgIpc) is 2.19. The SMILES string of the molecule is CCCN/C=C(\N)c1ccccc1. The maximum absolute atomic E-state index is 5.83. The molecule has 0 aliphatic carbocycles. The van der Waals surface area contributed by atoms with Gasteiger partial charge in [0.2, 0.25) is 0 Å². The third-order valence-corrected chi connectivity index (χ3v) is 1.76. The third kappa shape index (κ3) is 3.20. The van der Waals surface area contributed by atoms with Gasteiger partial charge in [0.05, 0.1) is 5.70 Å². The Morgan fingerprint density at radius 3 is 2.69 bits per heavy atom. The summed E-state index contributed by atoms with van der Waals surface area (Å²) in [6.07, 6.45) is 2.97. The van der Waals surface area contributed by atoms with Crippen LogP contribution in [0, 0.1) is 0 Å². The first-order valence-electron chi connectivity index (χ1n) is 4.59. The van der Waals surface area contributed by atoms with E-state index >= 15 is 0 Å². The number of hydrogen-bond acceptors (Lipinski definition) is 2. The monoisotopic (exact) mass is 176 g/mol. The lowest BCUT2D eigenvalue weighted by molar-refractivity contribution is 0.809. The van der Waals surface area contributed by atoms with Gasteiger partial charge in [-0.1, -0.05) is 37.3 Å². The molecule has 0 atom stereocenters. The molecule has 0 saturated heterocycles. The van der Waals surface area contributed by atoms with Crippen LogP contribution in [0.1, 0.15) is 18.9 Å². The van der Waals surface area contributed by atoms with E-state index in [0.29, 0.717) is 0 Å². The number of nitrogens with two attached hydrogens (primary N) is 1. The van der Waals surface area contributed by atoms with Gasteiger partial charge in [-0.05, 0) is 12.0 Å². The molecule has 0 saturated carbocycles. The van der Waals surface area contributed by atoms with Crippen molar-refractivity contribution in [2.75, 3.05) is 6.54 Å². The summed E-state index contributed by atoms with van der Waals surface area (Å²) in [6, 6.07) is 9.95. The van der Waals surface area contributed by atoms with E-state index in [1.165, 1.54) is 0 Å². The summed E-state index contributed by atoms with van der Waals surface area (Å²) in [5.74, 6) is 0.